The molecule has 0 fully saturated rings. The lowest BCUT2D eigenvalue weighted by atomic mass is 10.1. The number of nitrogens with zero attached hydrogens (tertiary/aromatic N) is 2. The third-order valence-corrected chi connectivity index (χ3v) is 6.53. The first-order chi connectivity index (χ1) is 15.1. The van der Waals surface area contributed by atoms with Gasteiger partial charge in [0, 0.05) is 13.1 Å². The predicted octanol–water partition coefficient (Wildman–Crippen LogP) is 3.01. The zero-order valence-electron chi connectivity index (χ0n) is 19.5. The molecule has 174 valence electrons. The molecule has 0 spiro atoms. The Kier molecular flexibility index (Phi) is 8.83. The van der Waals surface area contributed by atoms with Gasteiger partial charge in [0.1, 0.15) is 12.6 Å². The molecule has 0 bridgehead atoms. The molecule has 1 N–H and O–H groups in total. The molecule has 0 saturated heterocycles. The van der Waals surface area contributed by atoms with Crippen LogP contribution in [0.5, 0.6) is 0 Å². The summed E-state index contributed by atoms with van der Waals surface area (Å²) in [6.45, 7) is 7.68. The lowest BCUT2D eigenvalue weighted by molar-refractivity contribution is -0.140. The normalized spacial score (nSPS) is 12.2. The lowest BCUT2D eigenvalue weighted by Gasteiger charge is -2.33. The van der Waals surface area contributed by atoms with Gasteiger partial charge in [0.25, 0.3) is 0 Å². The minimum absolute atomic E-state index is 0.215. The van der Waals surface area contributed by atoms with E-state index in [9.17, 15) is 18.0 Å². The summed E-state index contributed by atoms with van der Waals surface area (Å²) in [5, 5.41) is 2.79. The van der Waals surface area contributed by atoms with Crippen molar-refractivity contribution < 1.29 is 18.0 Å². The van der Waals surface area contributed by atoms with Gasteiger partial charge >= 0.3 is 0 Å². The summed E-state index contributed by atoms with van der Waals surface area (Å²) < 4.78 is 26.3. The van der Waals surface area contributed by atoms with E-state index in [0.717, 1.165) is 27.3 Å². The number of nitrogens with one attached hydrogen (secondary N) is 1. The third-order valence-electron chi connectivity index (χ3n) is 5.40. The van der Waals surface area contributed by atoms with Crippen LogP contribution in [0.25, 0.3) is 0 Å². The highest BCUT2D eigenvalue weighted by Gasteiger charge is 2.32. The molecule has 2 aromatic rings. The van der Waals surface area contributed by atoms with E-state index in [0.29, 0.717) is 18.7 Å². The number of para-hydroxylation sites is 1. The molecule has 0 aliphatic heterocycles. The number of carbonyl (C=O) groups is 2. The Hall–Kier alpha value is -2.87. The predicted molar refractivity (Wildman–Crippen MR) is 128 cm³/mol. The Labute approximate surface area is 191 Å². The van der Waals surface area contributed by atoms with E-state index < -0.39 is 22.0 Å². The van der Waals surface area contributed by atoms with Crippen molar-refractivity contribution in [3.63, 3.8) is 0 Å². The van der Waals surface area contributed by atoms with Crippen molar-refractivity contribution in [1.82, 2.24) is 10.2 Å². The number of benzene rings is 2. The largest absolute Gasteiger partial charge is 0.355 e. The van der Waals surface area contributed by atoms with Crippen LogP contribution in [0.1, 0.15) is 37.0 Å². The zero-order valence-corrected chi connectivity index (χ0v) is 20.3. The summed E-state index contributed by atoms with van der Waals surface area (Å²) in [4.78, 5) is 27.8. The summed E-state index contributed by atoms with van der Waals surface area (Å²) in [5.74, 6) is -0.682. The summed E-state index contributed by atoms with van der Waals surface area (Å²) in [5.41, 5.74) is 3.09. The number of hydrogen-bond donors (Lipinski definition) is 1. The van der Waals surface area contributed by atoms with E-state index in [1.54, 1.807) is 25.1 Å². The minimum Gasteiger partial charge on any atom is -0.355 e. The van der Waals surface area contributed by atoms with Gasteiger partial charge in [0.15, 0.2) is 0 Å². The minimum atomic E-state index is -3.73. The van der Waals surface area contributed by atoms with Crippen molar-refractivity contribution in [2.75, 3.05) is 23.7 Å². The Morgan fingerprint density at radius 1 is 0.969 bits per heavy atom. The molecule has 32 heavy (non-hydrogen) atoms. The Morgan fingerprint density at radius 3 is 2.09 bits per heavy atom. The number of likely N-dealkylation sites (N-methyl/N-ethyl adjacent to an activating group) is 1. The van der Waals surface area contributed by atoms with E-state index in [1.807, 2.05) is 51.1 Å². The first-order valence-electron chi connectivity index (χ1n) is 10.7. The third kappa shape index (κ3) is 6.32. The lowest BCUT2D eigenvalue weighted by Crippen LogP contribution is -2.52. The average Bonchev–Trinajstić information content (AvgIpc) is 2.73. The van der Waals surface area contributed by atoms with Crippen LogP contribution in [0.15, 0.2) is 48.5 Å². The monoisotopic (exact) mass is 459 g/mol. The number of anilines is 1. The molecule has 0 heterocycles. The number of hydrogen-bond acceptors (Lipinski definition) is 4. The van der Waals surface area contributed by atoms with Crippen LogP contribution in [0.4, 0.5) is 5.69 Å². The first-order valence-corrected chi connectivity index (χ1v) is 12.6. The van der Waals surface area contributed by atoms with E-state index >= 15 is 0 Å². The number of sulfonamides is 1. The molecule has 1 unspecified atom stereocenters. The van der Waals surface area contributed by atoms with Crippen LogP contribution in [-0.2, 0) is 26.2 Å². The van der Waals surface area contributed by atoms with Crippen LogP contribution in [0, 0.1) is 13.8 Å². The second-order valence-electron chi connectivity index (χ2n) is 7.82. The second-order valence-corrected chi connectivity index (χ2v) is 9.73. The van der Waals surface area contributed by atoms with Crippen LogP contribution in [0.2, 0.25) is 0 Å². The summed E-state index contributed by atoms with van der Waals surface area (Å²) in [7, 11) is -3.73. The van der Waals surface area contributed by atoms with Gasteiger partial charge in [-0.05, 0) is 49.9 Å². The highest BCUT2D eigenvalue weighted by molar-refractivity contribution is 7.92. The Bertz CT molecular complexity index is 1050. The molecule has 8 heteroatoms. The number of rotatable bonds is 10. The number of aryl methyl sites for hydroxylation is 2. The van der Waals surface area contributed by atoms with Gasteiger partial charge in [-0.1, -0.05) is 49.4 Å². The Morgan fingerprint density at radius 2 is 1.56 bits per heavy atom. The van der Waals surface area contributed by atoms with Gasteiger partial charge in [-0.3, -0.25) is 13.9 Å². The summed E-state index contributed by atoms with van der Waals surface area (Å²) in [6, 6.07) is 14.0. The molecule has 1 atom stereocenters. The standard InChI is InChI=1S/C24H33N3O4S/c1-6-21(24(29)25-7-2)26(16-20-14-10-8-12-18(20)3)23(28)17-27(32(5,30)31)22-15-11-9-13-19(22)4/h8-15,21H,6-7,16-17H2,1-5H3,(H,25,29). The molecule has 0 aliphatic carbocycles. The van der Waals surface area contributed by atoms with Crippen LogP contribution >= 0.6 is 0 Å². The van der Waals surface area contributed by atoms with E-state index in [-0.39, 0.29) is 19.0 Å². The molecule has 0 aromatic heterocycles. The van der Waals surface area contributed by atoms with Gasteiger partial charge in [-0.2, -0.15) is 0 Å². The van der Waals surface area contributed by atoms with Crippen molar-refractivity contribution in [2.45, 2.75) is 46.7 Å². The number of carbonyl (C=O) groups excluding carboxylic acids is 2. The highest BCUT2D eigenvalue weighted by Crippen LogP contribution is 2.23. The number of amides is 2. The maximum absolute atomic E-state index is 13.5. The van der Waals surface area contributed by atoms with Crippen LogP contribution in [-0.4, -0.2) is 50.5 Å². The van der Waals surface area contributed by atoms with Gasteiger partial charge in [-0.15, -0.1) is 0 Å². The molecule has 0 radical (unpaired) electrons. The second kappa shape index (κ2) is 11.1. The molecule has 2 rings (SSSR count). The van der Waals surface area contributed by atoms with E-state index in [1.165, 1.54) is 4.90 Å². The zero-order chi connectivity index (χ0) is 23.9. The fraction of sp³-hybridized carbons (Fsp3) is 0.417. The molecular formula is C24H33N3O4S. The fourth-order valence-electron chi connectivity index (χ4n) is 3.62. The quantitative estimate of drug-likeness (QED) is 0.592. The van der Waals surface area contributed by atoms with Crippen LogP contribution < -0.4 is 9.62 Å². The van der Waals surface area contributed by atoms with E-state index in [4.69, 9.17) is 0 Å². The molecule has 0 saturated carbocycles. The molecular weight excluding hydrogens is 426 g/mol. The molecule has 2 amide bonds. The summed E-state index contributed by atoms with van der Waals surface area (Å²) >= 11 is 0. The maximum Gasteiger partial charge on any atom is 0.244 e. The van der Waals surface area contributed by atoms with Crippen molar-refractivity contribution in [2.24, 2.45) is 0 Å². The van der Waals surface area contributed by atoms with Crippen molar-refractivity contribution in [1.29, 1.82) is 0 Å². The molecule has 0 aliphatic rings. The smallest absolute Gasteiger partial charge is 0.244 e. The summed E-state index contributed by atoms with van der Waals surface area (Å²) in [6.07, 6.45) is 1.49. The van der Waals surface area contributed by atoms with Gasteiger partial charge in [-0.25, -0.2) is 8.42 Å². The van der Waals surface area contributed by atoms with Crippen molar-refractivity contribution >= 4 is 27.5 Å². The fourth-order valence-corrected chi connectivity index (χ4v) is 4.53. The topological polar surface area (TPSA) is 86.8 Å². The SMILES string of the molecule is CCNC(=O)C(CC)N(Cc1ccccc1C)C(=O)CN(c1ccccc1C)S(C)(=O)=O. The van der Waals surface area contributed by atoms with Gasteiger partial charge < -0.3 is 10.2 Å². The van der Waals surface area contributed by atoms with Crippen molar-refractivity contribution in [3.05, 3.63) is 65.2 Å². The van der Waals surface area contributed by atoms with Crippen LogP contribution in [0.3, 0.4) is 0 Å². The molecule has 7 nitrogen and oxygen atoms in total. The van der Waals surface area contributed by atoms with Crippen molar-refractivity contribution in [3.8, 4) is 0 Å². The Balaban J connectivity index is 2.46. The van der Waals surface area contributed by atoms with Gasteiger partial charge in [0.2, 0.25) is 21.8 Å². The highest BCUT2D eigenvalue weighted by atomic mass is 32.2. The average molecular weight is 460 g/mol. The van der Waals surface area contributed by atoms with Gasteiger partial charge in [0.05, 0.1) is 11.9 Å². The van der Waals surface area contributed by atoms with E-state index in [2.05, 4.69) is 5.32 Å². The maximum atomic E-state index is 13.5. The first kappa shape index (κ1) is 25.4. The molecule has 2 aromatic carbocycles.